The summed E-state index contributed by atoms with van der Waals surface area (Å²) >= 11 is 1.73. The summed E-state index contributed by atoms with van der Waals surface area (Å²) in [4.78, 5) is 1.21. The van der Waals surface area contributed by atoms with E-state index in [0.717, 1.165) is 11.6 Å². The van der Waals surface area contributed by atoms with Crippen molar-refractivity contribution in [3.63, 3.8) is 0 Å². The van der Waals surface area contributed by atoms with Gasteiger partial charge in [-0.05, 0) is 68.6 Å². The molecule has 0 radical (unpaired) electrons. The molecule has 0 amide bonds. The van der Waals surface area contributed by atoms with E-state index < -0.39 is 0 Å². The molecule has 2 rings (SSSR count). The minimum Gasteiger partial charge on any atom is -0.398 e. The van der Waals surface area contributed by atoms with Crippen LogP contribution in [-0.4, -0.2) is 19.3 Å². The molecule has 1 unspecified atom stereocenters. The molecule has 3 heteroatoms. The Morgan fingerprint density at radius 3 is 3.06 bits per heavy atom. The van der Waals surface area contributed by atoms with Crippen molar-refractivity contribution in [2.24, 2.45) is 5.92 Å². The molecule has 3 N–H and O–H groups in total. The van der Waals surface area contributed by atoms with E-state index in [1.807, 2.05) is 6.07 Å². The molecule has 0 bridgehead atoms. The van der Waals surface area contributed by atoms with Gasteiger partial charge in [-0.3, -0.25) is 0 Å². The standard InChI is InChI=1S/C14H22N2S/c1-17-14-9-11(6-7-13(14)15)4-5-12-3-2-8-16-10-12/h6-7,9,12,16H,2-5,8,10,15H2,1H3. The summed E-state index contributed by atoms with van der Waals surface area (Å²) < 4.78 is 0. The number of hydrogen-bond donors (Lipinski definition) is 2. The van der Waals surface area contributed by atoms with Gasteiger partial charge < -0.3 is 11.1 Å². The molecule has 1 aliphatic rings. The second-order valence-electron chi connectivity index (χ2n) is 4.83. The van der Waals surface area contributed by atoms with Crippen LogP contribution in [0.2, 0.25) is 0 Å². The van der Waals surface area contributed by atoms with Gasteiger partial charge in [0.05, 0.1) is 0 Å². The molecule has 2 nitrogen and oxygen atoms in total. The van der Waals surface area contributed by atoms with Crippen molar-refractivity contribution in [3.05, 3.63) is 23.8 Å². The molecular formula is C14H22N2S. The van der Waals surface area contributed by atoms with Crippen molar-refractivity contribution in [3.8, 4) is 0 Å². The van der Waals surface area contributed by atoms with E-state index in [2.05, 4.69) is 23.7 Å². The van der Waals surface area contributed by atoms with Crippen molar-refractivity contribution in [2.45, 2.75) is 30.6 Å². The van der Waals surface area contributed by atoms with Gasteiger partial charge in [0.1, 0.15) is 0 Å². The maximum absolute atomic E-state index is 5.91. The lowest BCUT2D eigenvalue weighted by Crippen LogP contribution is -2.29. The number of nitrogens with two attached hydrogens (primary N) is 1. The van der Waals surface area contributed by atoms with Crippen molar-refractivity contribution in [1.29, 1.82) is 0 Å². The molecule has 1 aromatic rings. The van der Waals surface area contributed by atoms with Crippen LogP contribution in [0.15, 0.2) is 23.1 Å². The topological polar surface area (TPSA) is 38.0 Å². The SMILES string of the molecule is CSc1cc(CCC2CCCNC2)ccc1N. The van der Waals surface area contributed by atoms with E-state index in [1.165, 1.54) is 49.2 Å². The molecule has 1 fully saturated rings. The highest BCUT2D eigenvalue weighted by molar-refractivity contribution is 7.98. The van der Waals surface area contributed by atoms with E-state index in [9.17, 15) is 0 Å². The maximum Gasteiger partial charge on any atom is 0.0452 e. The van der Waals surface area contributed by atoms with Gasteiger partial charge in [-0.15, -0.1) is 11.8 Å². The second-order valence-corrected chi connectivity index (χ2v) is 5.68. The number of nitrogens with one attached hydrogen (secondary N) is 1. The molecule has 17 heavy (non-hydrogen) atoms. The molecule has 0 spiro atoms. The van der Waals surface area contributed by atoms with Crippen LogP contribution in [0.3, 0.4) is 0 Å². The highest BCUT2D eigenvalue weighted by Crippen LogP contribution is 2.25. The minimum atomic E-state index is 0.860. The van der Waals surface area contributed by atoms with Crippen LogP contribution in [0, 0.1) is 5.92 Å². The molecule has 1 saturated heterocycles. The van der Waals surface area contributed by atoms with Gasteiger partial charge in [0.2, 0.25) is 0 Å². The number of piperidine rings is 1. The van der Waals surface area contributed by atoms with Gasteiger partial charge in [0.25, 0.3) is 0 Å². The van der Waals surface area contributed by atoms with Crippen LogP contribution in [0.1, 0.15) is 24.8 Å². The first-order chi connectivity index (χ1) is 8.29. The van der Waals surface area contributed by atoms with Gasteiger partial charge in [-0.25, -0.2) is 0 Å². The van der Waals surface area contributed by atoms with Crippen molar-refractivity contribution in [1.82, 2.24) is 5.32 Å². The van der Waals surface area contributed by atoms with Crippen LogP contribution in [0.5, 0.6) is 0 Å². The maximum atomic E-state index is 5.91. The quantitative estimate of drug-likeness (QED) is 0.637. The zero-order valence-corrected chi connectivity index (χ0v) is 11.4. The predicted octanol–water partition coefficient (Wildman–Crippen LogP) is 2.92. The molecule has 1 heterocycles. The molecule has 0 saturated carbocycles. The van der Waals surface area contributed by atoms with Crippen LogP contribution in [0.4, 0.5) is 5.69 Å². The molecule has 0 aliphatic carbocycles. The number of rotatable bonds is 4. The smallest absolute Gasteiger partial charge is 0.0452 e. The van der Waals surface area contributed by atoms with Gasteiger partial charge in [0.15, 0.2) is 0 Å². The highest BCUT2D eigenvalue weighted by Gasteiger charge is 2.12. The number of benzene rings is 1. The minimum absolute atomic E-state index is 0.860. The van der Waals surface area contributed by atoms with E-state index in [-0.39, 0.29) is 0 Å². The fourth-order valence-corrected chi connectivity index (χ4v) is 3.03. The summed E-state index contributed by atoms with van der Waals surface area (Å²) in [7, 11) is 0. The lowest BCUT2D eigenvalue weighted by atomic mass is 9.93. The normalized spacial score (nSPS) is 20.4. The van der Waals surface area contributed by atoms with Crippen LogP contribution in [0.25, 0.3) is 0 Å². The van der Waals surface area contributed by atoms with Gasteiger partial charge in [0, 0.05) is 10.6 Å². The van der Waals surface area contributed by atoms with Crippen molar-refractivity contribution < 1.29 is 0 Å². The fraction of sp³-hybridized carbons (Fsp3) is 0.571. The summed E-state index contributed by atoms with van der Waals surface area (Å²) in [6, 6.07) is 6.46. The zero-order chi connectivity index (χ0) is 12.1. The summed E-state index contributed by atoms with van der Waals surface area (Å²) in [5.74, 6) is 0.860. The molecule has 1 aliphatic heterocycles. The Kier molecular flexibility index (Phi) is 4.75. The highest BCUT2D eigenvalue weighted by atomic mass is 32.2. The molecule has 94 valence electrons. The number of anilines is 1. The number of hydrogen-bond acceptors (Lipinski definition) is 3. The lowest BCUT2D eigenvalue weighted by Gasteiger charge is -2.22. The van der Waals surface area contributed by atoms with Gasteiger partial charge in [-0.1, -0.05) is 6.07 Å². The molecular weight excluding hydrogens is 228 g/mol. The molecule has 1 atom stereocenters. The Hall–Kier alpha value is -0.670. The van der Waals surface area contributed by atoms with E-state index in [1.54, 1.807) is 11.8 Å². The lowest BCUT2D eigenvalue weighted by molar-refractivity contribution is 0.358. The molecule has 0 aromatic heterocycles. The number of nitrogen functional groups attached to an aromatic ring is 1. The molecule has 1 aromatic carbocycles. The third-order valence-corrected chi connectivity index (χ3v) is 4.33. The summed E-state index contributed by atoms with van der Waals surface area (Å²) in [5.41, 5.74) is 8.24. The number of thioether (sulfide) groups is 1. The van der Waals surface area contributed by atoms with E-state index >= 15 is 0 Å². The first-order valence-electron chi connectivity index (χ1n) is 6.42. The van der Waals surface area contributed by atoms with E-state index in [4.69, 9.17) is 5.73 Å². The van der Waals surface area contributed by atoms with Crippen LogP contribution < -0.4 is 11.1 Å². The third kappa shape index (κ3) is 3.65. The fourth-order valence-electron chi connectivity index (χ4n) is 2.45. The van der Waals surface area contributed by atoms with Crippen LogP contribution >= 0.6 is 11.8 Å². The van der Waals surface area contributed by atoms with Crippen LogP contribution in [-0.2, 0) is 6.42 Å². The third-order valence-electron chi connectivity index (χ3n) is 3.54. The summed E-state index contributed by atoms with van der Waals surface area (Å²) in [6.07, 6.45) is 7.28. The predicted molar refractivity (Wildman–Crippen MR) is 76.6 cm³/mol. The summed E-state index contributed by atoms with van der Waals surface area (Å²) in [5, 5.41) is 3.48. The van der Waals surface area contributed by atoms with Gasteiger partial charge in [-0.2, -0.15) is 0 Å². The van der Waals surface area contributed by atoms with Gasteiger partial charge >= 0.3 is 0 Å². The Labute approximate surface area is 108 Å². The Morgan fingerprint density at radius 2 is 2.35 bits per heavy atom. The number of aryl methyl sites for hydroxylation is 1. The largest absolute Gasteiger partial charge is 0.398 e. The average molecular weight is 250 g/mol. The first kappa shape index (κ1) is 12.8. The first-order valence-corrected chi connectivity index (χ1v) is 7.65. The van der Waals surface area contributed by atoms with E-state index in [0.29, 0.717) is 0 Å². The Balaban J connectivity index is 1.89. The zero-order valence-electron chi connectivity index (χ0n) is 10.5. The monoisotopic (exact) mass is 250 g/mol. The Bertz CT molecular complexity index is 359. The Morgan fingerprint density at radius 1 is 1.47 bits per heavy atom. The van der Waals surface area contributed by atoms with Crippen molar-refractivity contribution >= 4 is 17.4 Å². The van der Waals surface area contributed by atoms with Crippen molar-refractivity contribution in [2.75, 3.05) is 25.1 Å². The second kappa shape index (κ2) is 6.31. The average Bonchev–Trinajstić information content (AvgIpc) is 2.39. The summed E-state index contributed by atoms with van der Waals surface area (Å²) in [6.45, 7) is 2.40.